The summed E-state index contributed by atoms with van der Waals surface area (Å²) >= 11 is 0. The Morgan fingerprint density at radius 3 is 2.11 bits per heavy atom. The number of rotatable bonds is 4. The second-order valence-corrected chi connectivity index (χ2v) is 8.41. The van der Waals surface area contributed by atoms with Crippen molar-refractivity contribution in [3.05, 3.63) is 59.7 Å². The van der Waals surface area contributed by atoms with Crippen molar-refractivity contribution >= 4 is 35.6 Å². The molecule has 0 aliphatic heterocycles. The summed E-state index contributed by atoms with van der Waals surface area (Å²) in [4.78, 5) is 0. The zero-order valence-corrected chi connectivity index (χ0v) is 21.7. The fraction of sp³-hybridized carbons (Fsp3) is 0.375. The minimum Gasteiger partial charge on any atom is -0.498 e. The van der Waals surface area contributed by atoms with Crippen LogP contribution in [-0.2, 0) is 38.0 Å². The van der Waals surface area contributed by atoms with E-state index in [0.717, 1.165) is 12.2 Å². The summed E-state index contributed by atoms with van der Waals surface area (Å²) in [6.07, 6.45) is 1.11. The molecule has 0 unspecified atom stereocenters. The van der Waals surface area contributed by atoms with Gasteiger partial charge >= 0.3 is 0 Å². The van der Waals surface area contributed by atoms with Crippen LogP contribution in [0.2, 0.25) is 0 Å². The van der Waals surface area contributed by atoms with Gasteiger partial charge in [-0.15, -0.1) is 53.3 Å². The smallest absolute Gasteiger partial charge is 0.111 e. The normalized spacial score (nSPS) is 10.8. The van der Waals surface area contributed by atoms with E-state index in [1.54, 1.807) is 7.11 Å². The van der Waals surface area contributed by atoms with Gasteiger partial charge in [0.25, 0.3) is 0 Å². The standard InChI is InChI=1S/C24H29O.2ClH.Zr/c1-16(2)12-17-13-19-15-21(24(3,4)5)23(25-6)22(20(19)14-17)18-10-8-7-9-11-18;;;/h7-11,13-16H,12H2,1-6H3;2*1H;/q-1;;;. The molecule has 3 aromatic carbocycles. The molecule has 0 bridgehead atoms. The van der Waals surface area contributed by atoms with Crippen LogP contribution in [-0.4, -0.2) is 7.11 Å². The summed E-state index contributed by atoms with van der Waals surface area (Å²) in [5.74, 6) is 1.66. The van der Waals surface area contributed by atoms with Crippen LogP contribution in [0.5, 0.6) is 5.75 Å². The van der Waals surface area contributed by atoms with Gasteiger partial charge in [-0.2, -0.15) is 6.07 Å². The van der Waals surface area contributed by atoms with Gasteiger partial charge in [0.15, 0.2) is 0 Å². The van der Waals surface area contributed by atoms with E-state index in [1.807, 2.05) is 0 Å². The van der Waals surface area contributed by atoms with E-state index < -0.39 is 0 Å². The molecule has 0 N–H and O–H groups in total. The summed E-state index contributed by atoms with van der Waals surface area (Å²) < 4.78 is 5.96. The van der Waals surface area contributed by atoms with Crippen molar-refractivity contribution in [3.8, 4) is 16.9 Å². The van der Waals surface area contributed by atoms with Crippen LogP contribution in [0.4, 0.5) is 0 Å². The van der Waals surface area contributed by atoms with Gasteiger partial charge in [-0.3, -0.25) is 0 Å². The van der Waals surface area contributed by atoms with Gasteiger partial charge in [-0.25, -0.2) is 0 Å². The number of benzene rings is 2. The number of ether oxygens (including phenoxy) is 1. The molecule has 0 atom stereocenters. The molecule has 3 aromatic rings. The van der Waals surface area contributed by atoms with Crippen molar-refractivity contribution in [2.45, 2.75) is 46.5 Å². The Labute approximate surface area is 201 Å². The number of halogens is 2. The molecule has 0 aliphatic carbocycles. The average Bonchev–Trinajstić information content (AvgIpc) is 2.94. The summed E-state index contributed by atoms with van der Waals surface area (Å²) in [5, 5.41) is 2.62. The number of fused-ring (bicyclic) bond motifs is 1. The Hall–Kier alpha value is -0.687. The fourth-order valence-electron chi connectivity index (χ4n) is 3.65. The van der Waals surface area contributed by atoms with Crippen molar-refractivity contribution in [2.24, 2.45) is 5.92 Å². The Balaban J connectivity index is 0.00000243. The first-order valence-corrected chi connectivity index (χ1v) is 9.17. The van der Waals surface area contributed by atoms with Gasteiger partial charge in [-0.05, 0) is 34.4 Å². The SMILES string of the molecule is COc1c(C(C)(C)C)cc2[cH-]c(CC(C)C)cc2c1-c1ccccc1.Cl.Cl.[Zr]. The molecule has 1 nitrogen and oxygen atoms in total. The van der Waals surface area contributed by atoms with Crippen LogP contribution in [0.25, 0.3) is 21.9 Å². The minimum atomic E-state index is 0. The fourth-order valence-corrected chi connectivity index (χ4v) is 3.65. The van der Waals surface area contributed by atoms with Gasteiger partial charge in [-0.1, -0.05) is 65.0 Å². The molecule has 0 aliphatic rings. The molecular weight excluding hydrogens is 466 g/mol. The Bertz CT molecular complexity index is 877. The van der Waals surface area contributed by atoms with Crippen LogP contribution in [0.15, 0.2) is 48.5 Å². The Morgan fingerprint density at radius 1 is 1.00 bits per heavy atom. The molecule has 0 saturated carbocycles. The average molecular weight is 498 g/mol. The first kappa shape index (κ1) is 27.3. The zero-order valence-electron chi connectivity index (χ0n) is 17.6. The van der Waals surface area contributed by atoms with E-state index in [4.69, 9.17) is 4.74 Å². The van der Waals surface area contributed by atoms with Gasteiger partial charge in [0, 0.05) is 26.2 Å². The van der Waals surface area contributed by atoms with Crippen molar-refractivity contribution in [3.63, 3.8) is 0 Å². The molecular formula is C24H31Cl2OZr-. The Morgan fingerprint density at radius 2 is 1.61 bits per heavy atom. The van der Waals surface area contributed by atoms with Crippen LogP contribution >= 0.6 is 24.8 Å². The zero-order chi connectivity index (χ0) is 18.2. The van der Waals surface area contributed by atoms with Crippen LogP contribution in [0.3, 0.4) is 0 Å². The van der Waals surface area contributed by atoms with Crippen molar-refractivity contribution in [1.29, 1.82) is 0 Å². The minimum absolute atomic E-state index is 0. The van der Waals surface area contributed by atoms with E-state index in [0.29, 0.717) is 5.92 Å². The number of hydrogen-bond acceptors (Lipinski definition) is 1. The maximum atomic E-state index is 5.96. The molecule has 0 saturated heterocycles. The molecule has 3 rings (SSSR count). The van der Waals surface area contributed by atoms with Gasteiger partial charge in [0.2, 0.25) is 0 Å². The summed E-state index contributed by atoms with van der Waals surface area (Å²) in [5.41, 5.74) is 5.15. The largest absolute Gasteiger partial charge is 0.498 e. The summed E-state index contributed by atoms with van der Waals surface area (Å²) in [7, 11) is 1.79. The van der Waals surface area contributed by atoms with Crippen molar-refractivity contribution in [1.82, 2.24) is 0 Å². The van der Waals surface area contributed by atoms with E-state index in [-0.39, 0.29) is 56.4 Å². The maximum absolute atomic E-state index is 5.96. The molecule has 152 valence electrons. The monoisotopic (exact) mass is 495 g/mol. The Kier molecular flexibility index (Phi) is 10.6. The molecule has 0 heterocycles. The van der Waals surface area contributed by atoms with E-state index >= 15 is 0 Å². The topological polar surface area (TPSA) is 9.23 Å². The number of hydrogen-bond donors (Lipinski definition) is 0. The second-order valence-electron chi connectivity index (χ2n) is 8.41. The van der Waals surface area contributed by atoms with E-state index in [2.05, 4.69) is 83.1 Å². The van der Waals surface area contributed by atoms with Crippen molar-refractivity contribution < 1.29 is 30.9 Å². The third-order valence-electron chi connectivity index (χ3n) is 4.74. The van der Waals surface area contributed by atoms with Gasteiger partial charge in [0.1, 0.15) is 5.75 Å². The summed E-state index contributed by atoms with van der Waals surface area (Å²) in [6, 6.07) is 17.7. The predicted octanol–water partition coefficient (Wildman–Crippen LogP) is 7.57. The third kappa shape index (κ3) is 5.68. The third-order valence-corrected chi connectivity index (χ3v) is 4.74. The molecule has 0 aromatic heterocycles. The predicted molar refractivity (Wildman–Crippen MR) is 123 cm³/mol. The van der Waals surface area contributed by atoms with Crippen LogP contribution in [0.1, 0.15) is 45.7 Å². The maximum Gasteiger partial charge on any atom is 0.111 e. The molecule has 4 heteroatoms. The molecule has 0 radical (unpaired) electrons. The molecule has 0 amide bonds. The summed E-state index contributed by atoms with van der Waals surface area (Å²) in [6.45, 7) is 11.3. The van der Waals surface area contributed by atoms with Crippen molar-refractivity contribution in [2.75, 3.05) is 7.11 Å². The first-order chi connectivity index (χ1) is 11.8. The quantitative estimate of drug-likeness (QED) is 0.338. The molecule has 0 fully saturated rings. The first-order valence-electron chi connectivity index (χ1n) is 9.17. The van der Waals surface area contributed by atoms with Crippen LogP contribution < -0.4 is 4.74 Å². The van der Waals surface area contributed by atoms with Crippen LogP contribution in [0, 0.1) is 5.92 Å². The molecule has 0 spiro atoms. The van der Waals surface area contributed by atoms with Gasteiger partial charge in [0.05, 0.1) is 7.11 Å². The van der Waals surface area contributed by atoms with Gasteiger partial charge < -0.3 is 4.74 Å². The second kappa shape index (κ2) is 10.9. The van der Waals surface area contributed by atoms with E-state index in [1.165, 1.54) is 33.0 Å². The van der Waals surface area contributed by atoms with E-state index in [9.17, 15) is 0 Å². The number of methoxy groups -OCH3 is 1. The molecule has 28 heavy (non-hydrogen) atoms.